The molecule has 84 valence electrons. The van der Waals surface area contributed by atoms with Crippen molar-refractivity contribution in [3.8, 4) is 0 Å². The van der Waals surface area contributed by atoms with E-state index in [1.807, 2.05) is 0 Å². The van der Waals surface area contributed by atoms with Crippen LogP contribution in [-0.2, 0) is 9.53 Å². The molecule has 0 unspecified atom stereocenters. The number of ether oxygens (including phenoxy) is 1. The van der Waals surface area contributed by atoms with Gasteiger partial charge in [0, 0.05) is 12.3 Å². The molecule has 0 amide bonds. The molecule has 2 rings (SSSR count). The van der Waals surface area contributed by atoms with Crippen LogP contribution >= 0.6 is 0 Å². The van der Waals surface area contributed by atoms with E-state index in [0.717, 1.165) is 12.8 Å². The van der Waals surface area contributed by atoms with E-state index >= 15 is 0 Å². The maximum absolute atomic E-state index is 11.1. The summed E-state index contributed by atoms with van der Waals surface area (Å²) in [6.45, 7) is 3.73. The van der Waals surface area contributed by atoms with E-state index in [-0.39, 0.29) is 17.5 Å². The molecule has 0 heterocycles. The summed E-state index contributed by atoms with van der Waals surface area (Å²) in [5.41, 5.74) is 1.65. The fourth-order valence-corrected chi connectivity index (χ4v) is 3.28. The lowest BCUT2D eigenvalue weighted by atomic mass is 9.69. The Morgan fingerprint density at radius 1 is 1.47 bits per heavy atom. The summed E-state index contributed by atoms with van der Waals surface area (Å²) < 4.78 is 5.52. The lowest BCUT2D eigenvalue weighted by Crippen LogP contribution is -2.39. The molecule has 0 aromatic carbocycles. The van der Waals surface area contributed by atoms with Crippen LogP contribution in [-0.4, -0.2) is 12.1 Å². The summed E-state index contributed by atoms with van der Waals surface area (Å²) in [5, 5.41) is 0. The average molecular weight is 208 g/mol. The predicted molar refractivity (Wildman–Crippen MR) is 59.4 cm³/mol. The highest BCUT2D eigenvalue weighted by Gasteiger charge is 2.45. The topological polar surface area (TPSA) is 26.3 Å². The molecular weight excluding hydrogens is 188 g/mol. The Balaban J connectivity index is 2.22. The molecule has 0 N–H and O–H groups in total. The minimum Gasteiger partial charge on any atom is -0.462 e. The van der Waals surface area contributed by atoms with Crippen molar-refractivity contribution >= 4 is 5.97 Å². The van der Waals surface area contributed by atoms with Gasteiger partial charge in [0.1, 0.15) is 6.10 Å². The number of esters is 1. The van der Waals surface area contributed by atoms with E-state index in [1.165, 1.54) is 38.2 Å². The molecule has 1 saturated carbocycles. The quantitative estimate of drug-likeness (QED) is 0.488. The van der Waals surface area contributed by atoms with Crippen LogP contribution in [0.3, 0.4) is 0 Å². The molecule has 2 aliphatic rings. The van der Waals surface area contributed by atoms with Gasteiger partial charge in [0.2, 0.25) is 0 Å². The van der Waals surface area contributed by atoms with Gasteiger partial charge in [-0.3, -0.25) is 4.79 Å². The van der Waals surface area contributed by atoms with Crippen molar-refractivity contribution in [3.63, 3.8) is 0 Å². The van der Waals surface area contributed by atoms with Crippen LogP contribution in [0.15, 0.2) is 11.6 Å². The zero-order chi connectivity index (χ0) is 10.9. The summed E-state index contributed by atoms with van der Waals surface area (Å²) in [6.07, 6.45) is 9.52. The second-order valence-electron chi connectivity index (χ2n) is 4.93. The Labute approximate surface area is 91.7 Å². The van der Waals surface area contributed by atoms with Crippen molar-refractivity contribution in [2.24, 2.45) is 5.41 Å². The molecule has 2 nitrogen and oxygen atoms in total. The van der Waals surface area contributed by atoms with Gasteiger partial charge >= 0.3 is 5.97 Å². The molecule has 0 aliphatic heterocycles. The van der Waals surface area contributed by atoms with Crippen molar-refractivity contribution < 1.29 is 9.53 Å². The standard InChI is InChI=1S/C13H20O2/c1-10-6-5-7-12(15-11(2)14)13(10)8-3-4-9-13/h6,12H,3-5,7-9H2,1-2H3/t12-/m0/s1. The first kappa shape index (κ1) is 10.7. The van der Waals surface area contributed by atoms with Gasteiger partial charge in [0.25, 0.3) is 0 Å². The number of allylic oxidation sites excluding steroid dienone is 1. The summed E-state index contributed by atoms with van der Waals surface area (Å²) >= 11 is 0. The van der Waals surface area contributed by atoms with Gasteiger partial charge < -0.3 is 4.74 Å². The number of hydrogen-bond donors (Lipinski definition) is 0. The van der Waals surface area contributed by atoms with Crippen LogP contribution in [0.4, 0.5) is 0 Å². The molecule has 0 aromatic rings. The monoisotopic (exact) mass is 208 g/mol. The Bertz CT molecular complexity index is 285. The Morgan fingerprint density at radius 2 is 2.13 bits per heavy atom. The summed E-state index contributed by atoms with van der Waals surface area (Å²) in [5.74, 6) is -0.124. The number of carbonyl (C=O) groups is 1. The van der Waals surface area contributed by atoms with Crippen molar-refractivity contribution in [3.05, 3.63) is 11.6 Å². The Kier molecular flexibility index (Phi) is 2.85. The van der Waals surface area contributed by atoms with Crippen molar-refractivity contribution in [1.82, 2.24) is 0 Å². The minimum absolute atomic E-state index is 0.124. The van der Waals surface area contributed by atoms with Gasteiger partial charge in [-0.1, -0.05) is 24.5 Å². The highest BCUT2D eigenvalue weighted by atomic mass is 16.5. The van der Waals surface area contributed by atoms with E-state index in [1.54, 1.807) is 0 Å². The van der Waals surface area contributed by atoms with Gasteiger partial charge in [0.05, 0.1) is 0 Å². The second-order valence-corrected chi connectivity index (χ2v) is 4.93. The molecule has 1 atom stereocenters. The molecular formula is C13H20O2. The Hall–Kier alpha value is -0.790. The summed E-state index contributed by atoms with van der Waals surface area (Å²) in [6, 6.07) is 0. The smallest absolute Gasteiger partial charge is 0.302 e. The first-order chi connectivity index (χ1) is 7.15. The van der Waals surface area contributed by atoms with Gasteiger partial charge in [-0.05, 0) is 32.6 Å². The zero-order valence-electron chi connectivity index (χ0n) is 9.71. The van der Waals surface area contributed by atoms with E-state index in [0.29, 0.717) is 0 Å². The molecule has 0 saturated heterocycles. The van der Waals surface area contributed by atoms with Crippen LogP contribution in [0.25, 0.3) is 0 Å². The molecule has 1 spiro atoms. The summed E-state index contributed by atoms with van der Waals surface area (Å²) in [4.78, 5) is 11.1. The average Bonchev–Trinajstić information content (AvgIpc) is 2.63. The molecule has 0 aromatic heterocycles. The number of rotatable bonds is 1. The van der Waals surface area contributed by atoms with Crippen LogP contribution in [0.5, 0.6) is 0 Å². The van der Waals surface area contributed by atoms with Gasteiger partial charge in [-0.15, -0.1) is 0 Å². The normalized spacial score (nSPS) is 28.9. The molecule has 0 bridgehead atoms. The van der Waals surface area contributed by atoms with Crippen LogP contribution in [0.1, 0.15) is 52.4 Å². The van der Waals surface area contributed by atoms with Crippen LogP contribution in [0, 0.1) is 5.41 Å². The highest BCUT2D eigenvalue weighted by molar-refractivity contribution is 5.66. The lowest BCUT2D eigenvalue weighted by Gasteiger charge is -2.40. The first-order valence-corrected chi connectivity index (χ1v) is 5.99. The van der Waals surface area contributed by atoms with Gasteiger partial charge in [0.15, 0.2) is 0 Å². The fraction of sp³-hybridized carbons (Fsp3) is 0.769. The molecule has 1 fully saturated rings. The van der Waals surface area contributed by atoms with Crippen molar-refractivity contribution in [2.45, 2.75) is 58.5 Å². The third-order valence-electron chi connectivity index (χ3n) is 4.09. The van der Waals surface area contributed by atoms with E-state index in [2.05, 4.69) is 13.0 Å². The third kappa shape index (κ3) is 1.82. The van der Waals surface area contributed by atoms with Crippen molar-refractivity contribution in [1.29, 1.82) is 0 Å². The number of hydrogen-bond acceptors (Lipinski definition) is 2. The molecule has 2 aliphatic carbocycles. The van der Waals surface area contributed by atoms with Gasteiger partial charge in [-0.25, -0.2) is 0 Å². The lowest BCUT2D eigenvalue weighted by molar-refractivity contribution is -0.153. The largest absolute Gasteiger partial charge is 0.462 e. The minimum atomic E-state index is -0.124. The predicted octanol–water partition coefficient (Wildman–Crippen LogP) is 3.22. The molecule has 15 heavy (non-hydrogen) atoms. The Morgan fingerprint density at radius 3 is 2.73 bits per heavy atom. The van der Waals surface area contributed by atoms with E-state index in [9.17, 15) is 4.79 Å². The molecule has 0 radical (unpaired) electrons. The fourth-order valence-electron chi connectivity index (χ4n) is 3.28. The summed E-state index contributed by atoms with van der Waals surface area (Å²) in [7, 11) is 0. The number of carbonyl (C=O) groups excluding carboxylic acids is 1. The highest BCUT2D eigenvalue weighted by Crippen LogP contribution is 2.51. The molecule has 2 heteroatoms. The zero-order valence-corrected chi connectivity index (χ0v) is 9.71. The third-order valence-corrected chi connectivity index (χ3v) is 4.09. The SMILES string of the molecule is CC(=O)O[C@H]1CCC=C(C)C12CCCC2. The van der Waals surface area contributed by atoms with Crippen LogP contribution in [0.2, 0.25) is 0 Å². The van der Waals surface area contributed by atoms with E-state index in [4.69, 9.17) is 4.74 Å². The van der Waals surface area contributed by atoms with Crippen molar-refractivity contribution in [2.75, 3.05) is 0 Å². The maximum atomic E-state index is 11.1. The van der Waals surface area contributed by atoms with Crippen LogP contribution < -0.4 is 0 Å². The van der Waals surface area contributed by atoms with Gasteiger partial charge in [-0.2, -0.15) is 0 Å². The maximum Gasteiger partial charge on any atom is 0.302 e. The second kappa shape index (κ2) is 3.99. The first-order valence-electron chi connectivity index (χ1n) is 5.99. The van der Waals surface area contributed by atoms with E-state index < -0.39 is 0 Å².